The van der Waals surface area contributed by atoms with E-state index < -0.39 is 0 Å². The molecule has 0 unspecified atom stereocenters. The predicted molar refractivity (Wildman–Crippen MR) is 59.5 cm³/mol. The molecule has 0 amide bonds. The number of hydrogen-bond donors (Lipinski definition) is 1. The molecule has 0 fully saturated rings. The molecule has 0 saturated carbocycles. The summed E-state index contributed by atoms with van der Waals surface area (Å²) in [5.41, 5.74) is 1.22. The topological polar surface area (TPSA) is 38.3 Å². The summed E-state index contributed by atoms with van der Waals surface area (Å²) in [6.45, 7) is 2.72. The first-order valence-electron chi connectivity index (χ1n) is 5.09. The minimum absolute atomic E-state index is 0.178. The molecule has 3 nitrogen and oxygen atoms in total. The molecule has 0 aliphatic heterocycles. The number of hydrogen-bond acceptors (Lipinski definition) is 3. The van der Waals surface area contributed by atoms with Crippen molar-refractivity contribution in [3.05, 3.63) is 35.9 Å². The Morgan fingerprint density at radius 1 is 1.40 bits per heavy atom. The smallest absolute Gasteiger partial charge is 0.306 e. The molecular formula is C12H17NO2. The van der Waals surface area contributed by atoms with Crippen molar-refractivity contribution in [1.82, 2.24) is 5.32 Å². The number of esters is 1. The Morgan fingerprint density at radius 2 is 2.07 bits per heavy atom. The van der Waals surface area contributed by atoms with Crippen LogP contribution in [0.2, 0.25) is 0 Å². The minimum atomic E-state index is -0.178. The van der Waals surface area contributed by atoms with Gasteiger partial charge in [0, 0.05) is 12.6 Å². The molecule has 0 spiro atoms. The van der Waals surface area contributed by atoms with Crippen molar-refractivity contribution in [2.75, 3.05) is 13.7 Å². The lowest BCUT2D eigenvalue weighted by Crippen LogP contribution is -2.22. The van der Waals surface area contributed by atoms with Crippen LogP contribution in [0.25, 0.3) is 0 Å². The van der Waals surface area contributed by atoms with Gasteiger partial charge in [-0.15, -0.1) is 0 Å². The van der Waals surface area contributed by atoms with E-state index >= 15 is 0 Å². The molecular weight excluding hydrogens is 190 g/mol. The van der Waals surface area contributed by atoms with Crippen molar-refractivity contribution in [3.8, 4) is 0 Å². The molecule has 1 N–H and O–H groups in total. The number of nitrogens with one attached hydrogen (secondary N) is 1. The zero-order valence-electron chi connectivity index (χ0n) is 9.19. The SMILES string of the molecule is COC(=O)CCN[C@H](C)c1ccccc1. The number of ether oxygens (including phenoxy) is 1. The zero-order chi connectivity index (χ0) is 11.1. The highest BCUT2D eigenvalue weighted by atomic mass is 16.5. The van der Waals surface area contributed by atoms with Gasteiger partial charge in [-0.2, -0.15) is 0 Å². The van der Waals surface area contributed by atoms with Gasteiger partial charge in [0.25, 0.3) is 0 Å². The lowest BCUT2D eigenvalue weighted by Gasteiger charge is -2.13. The summed E-state index contributed by atoms with van der Waals surface area (Å²) in [7, 11) is 1.41. The van der Waals surface area contributed by atoms with Crippen LogP contribution in [0.15, 0.2) is 30.3 Å². The van der Waals surface area contributed by atoms with Gasteiger partial charge < -0.3 is 10.1 Å². The highest BCUT2D eigenvalue weighted by Gasteiger charge is 2.05. The Bertz CT molecular complexity index is 298. The Balaban J connectivity index is 2.31. The van der Waals surface area contributed by atoms with Gasteiger partial charge in [-0.05, 0) is 12.5 Å². The van der Waals surface area contributed by atoms with E-state index in [2.05, 4.69) is 29.1 Å². The molecule has 0 radical (unpaired) electrons. The van der Waals surface area contributed by atoms with Gasteiger partial charge in [0.2, 0.25) is 0 Å². The van der Waals surface area contributed by atoms with Crippen LogP contribution in [0, 0.1) is 0 Å². The van der Waals surface area contributed by atoms with Gasteiger partial charge in [0.05, 0.1) is 13.5 Å². The van der Waals surface area contributed by atoms with Crippen LogP contribution in [0.3, 0.4) is 0 Å². The summed E-state index contributed by atoms with van der Waals surface area (Å²) in [6, 6.07) is 10.4. The molecule has 0 heterocycles. The molecule has 15 heavy (non-hydrogen) atoms. The molecule has 1 atom stereocenters. The third-order valence-corrected chi connectivity index (χ3v) is 2.31. The second kappa shape index (κ2) is 6.19. The molecule has 1 aromatic rings. The maximum Gasteiger partial charge on any atom is 0.306 e. The fourth-order valence-corrected chi connectivity index (χ4v) is 1.35. The van der Waals surface area contributed by atoms with E-state index in [0.717, 1.165) is 0 Å². The molecule has 1 aromatic carbocycles. The van der Waals surface area contributed by atoms with Crippen molar-refractivity contribution in [1.29, 1.82) is 0 Å². The maximum absolute atomic E-state index is 10.9. The second-order valence-corrected chi connectivity index (χ2v) is 3.41. The van der Waals surface area contributed by atoms with Crippen LogP contribution in [0.5, 0.6) is 0 Å². The maximum atomic E-state index is 10.9. The van der Waals surface area contributed by atoms with Crippen molar-refractivity contribution < 1.29 is 9.53 Å². The van der Waals surface area contributed by atoms with E-state index in [9.17, 15) is 4.79 Å². The Hall–Kier alpha value is -1.35. The molecule has 82 valence electrons. The zero-order valence-corrected chi connectivity index (χ0v) is 9.19. The molecule has 0 aliphatic rings. The first-order chi connectivity index (χ1) is 7.24. The van der Waals surface area contributed by atoms with Crippen molar-refractivity contribution in [3.63, 3.8) is 0 Å². The van der Waals surface area contributed by atoms with E-state index in [1.165, 1.54) is 12.7 Å². The highest BCUT2D eigenvalue weighted by Crippen LogP contribution is 2.10. The van der Waals surface area contributed by atoms with Crippen LogP contribution in [0.4, 0.5) is 0 Å². The first kappa shape index (κ1) is 11.7. The second-order valence-electron chi connectivity index (χ2n) is 3.41. The molecule has 3 heteroatoms. The summed E-state index contributed by atoms with van der Waals surface area (Å²) < 4.78 is 4.56. The lowest BCUT2D eigenvalue weighted by atomic mass is 10.1. The van der Waals surface area contributed by atoms with E-state index in [0.29, 0.717) is 13.0 Å². The molecule has 0 saturated heterocycles. The summed E-state index contributed by atoms with van der Waals surface area (Å²) in [6.07, 6.45) is 0.410. The van der Waals surface area contributed by atoms with Crippen molar-refractivity contribution >= 4 is 5.97 Å². The number of methoxy groups -OCH3 is 1. The fourth-order valence-electron chi connectivity index (χ4n) is 1.35. The summed E-state index contributed by atoms with van der Waals surface area (Å²) >= 11 is 0. The fraction of sp³-hybridized carbons (Fsp3) is 0.417. The van der Waals surface area contributed by atoms with E-state index in [4.69, 9.17) is 0 Å². The quantitative estimate of drug-likeness (QED) is 0.749. The monoisotopic (exact) mass is 207 g/mol. The third-order valence-electron chi connectivity index (χ3n) is 2.31. The van der Waals surface area contributed by atoms with Crippen LogP contribution >= 0.6 is 0 Å². The largest absolute Gasteiger partial charge is 0.469 e. The average molecular weight is 207 g/mol. The average Bonchev–Trinajstić information content (AvgIpc) is 2.29. The van der Waals surface area contributed by atoms with Gasteiger partial charge in [-0.3, -0.25) is 4.79 Å². The van der Waals surface area contributed by atoms with Gasteiger partial charge >= 0.3 is 5.97 Å². The third kappa shape index (κ3) is 4.13. The Morgan fingerprint density at radius 3 is 2.67 bits per heavy atom. The normalized spacial score (nSPS) is 12.1. The number of carbonyl (C=O) groups excluding carboxylic acids is 1. The number of benzene rings is 1. The molecule has 0 bridgehead atoms. The predicted octanol–water partition coefficient (Wildman–Crippen LogP) is 1.90. The summed E-state index contributed by atoms with van der Waals surface area (Å²) in [4.78, 5) is 10.9. The van der Waals surface area contributed by atoms with Crippen LogP contribution in [-0.2, 0) is 9.53 Å². The molecule has 0 aliphatic carbocycles. The number of rotatable bonds is 5. The highest BCUT2D eigenvalue weighted by molar-refractivity contribution is 5.69. The van der Waals surface area contributed by atoms with E-state index in [1.807, 2.05) is 18.2 Å². The molecule has 0 aromatic heterocycles. The van der Waals surface area contributed by atoms with Gasteiger partial charge in [0.15, 0.2) is 0 Å². The Labute approximate surface area is 90.4 Å². The lowest BCUT2D eigenvalue weighted by molar-refractivity contribution is -0.140. The van der Waals surface area contributed by atoms with Crippen LogP contribution < -0.4 is 5.32 Å². The van der Waals surface area contributed by atoms with Gasteiger partial charge in [0.1, 0.15) is 0 Å². The van der Waals surface area contributed by atoms with E-state index in [1.54, 1.807) is 0 Å². The van der Waals surface area contributed by atoms with Crippen LogP contribution in [0.1, 0.15) is 24.9 Å². The minimum Gasteiger partial charge on any atom is -0.469 e. The van der Waals surface area contributed by atoms with Crippen molar-refractivity contribution in [2.45, 2.75) is 19.4 Å². The van der Waals surface area contributed by atoms with Crippen molar-refractivity contribution in [2.24, 2.45) is 0 Å². The van der Waals surface area contributed by atoms with Gasteiger partial charge in [-0.25, -0.2) is 0 Å². The van der Waals surface area contributed by atoms with Crippen LogP contribution in [-0.4, -0.2) is 19.6 Å². The number of carbonyl (C=O) groups is 1. The van der Waals surface area contributed by atoms with Gasteiger partial charge in [-0.1, -0.05) is 30.3 Å². The summed E-state index contributed by atoms with van der Waals surface area (Å²) in [5, 5.41) is 3.26. The standard InChI is InChI=1S/C12H17NO2/c1-10(11-6-4-3-5-7-11)13-9-8-12(14)15-2/h3-7,10,13H,8-9H2,1-2H3/t10-/m1/s1. The first-order valence-corrected chi connectivity index (χ1v) is 5.09. The molecule has 1 rings (SSSR count). The van der Waals surface area contributed by atoms with E-state index in [-0.39, 0.29) is 12.0 Å². The Kier molecular flexibility index (Phi) is 4.84. The summed E-state index contributed by atoms with van der Waals surface area (Å²) in [5.74, 6) is -0.178.